The van der Waals surface area contributed by atoms with Crippen molar-refractivity contribution in [3.8, 4) is 5.75 Å². The number of methoxy groups -OCH3 is 1. The summed E-state index contributed by atoms with van der Waals surface area (Å²) in [7, 11) is 2.06. The van der Waals surface area contributed by atoms with Crippen molar-refractivity contribution in [1.29, 1.82) is 0 Å². The van der Waals surface area contributed by atoms with Crippen molar-refractivity contribution in [1.82, 2.24) is 0 Å². The highest BCUT2D eigenvalue weighted by Gasteiger charge is 2.31. The average molecular weight is 322 g/mol. The Bertz CT molecular complexity index is 525. The lowest BCUT2D eigenvalue weighted by Gasteiger charge is -2.33. The Balaban J connectivity index is 3.33. The molecule has 0 spiro atoms. The average Bonchev–Trinajstić information content (AvgIpc) is 2.33. The first kappa shape index (κ1) is 19.0. The highest BCUT2D eigenvalue weighted by atomic mass is 28.2. The molecular formula is C18H31NO2Si. The molecule has 0 aliphatic carbocycles. The van der Waals surface area contributed by atoms with E-state index in [-0.39, 0.29) is 10.5 Å². The maximum absolute atomic E-state index is 6.24. The van der Waals surface area contributed by atoms with E-state index in [9.17, 15) is 0 Å². The molecule has 0 aliphatic rings. The summed E-state index contributed by atoms with van der Waals surface area (Å²) in [6.45, 7) is 17.2. The van der Waals surface area contributed by atoms with E-state index in [1.54, 1.807) is 7.11 Å². The summed E-state index contributed by atoms with van der Waals surface area (Å²) in [4.78, 5) is 0. The fourth-order valence-electron chi connectivity index (χ4n) is 2.09. The van der Waals surface area contributed by atoms with Crippen molar-refractivity contribution in [3.05, 3.63) is 23.3 Å². The van der Waals surface area contributed by atoms with E-state index < -0.39 is 5.60 Å². The number of rotatable bonds is 4. The Morgan fingerprint density at radius 3 is 1.91 bits per heavy atom. The van der Waals surface area contributed by atoms with Gasteiger partial charge in [0.05, 0.1) is 18.4 Å². The largest absolute Gasteiger partial charge is 0.494 e. The molecule has 124 valence electrons. The third-order valence-electron chi connectivity index (χ3n) is 3.45. The van der Waals surface area contributed by atoms with Gasteiger partial charge >= 0.3 is 0 Å². The van der Waals surface area contributed by atoms with Crippen LogP contribution in [0.2, 0.25) is 5.04 Å². The second-order valence-electron chi connectivity index (χ2n) is 8.36. The molecule has 0 fully saturated rings. The Morgan fingerprint density at radius 2 is 1.50 bits per heavy atom. The van der Waals surface area contributed by atoms with Crippen molar-refractivity contribution in [3.63, 3.8) is 0 Å². The summed E-state index contributed by atoms with van der Waals surface area (Å²) in [5, 5.41) is 0.137. The lowest BCUT2D eigenvalue weighted by atomic mass is 9.83. The van der Waals surface area contributed by atoms with Crippen molar-refractivity contribution in [2.45, 2.75) is 71.4 Å². The topological polar surface area (TPSA) is 44.5 Å². The molecule has 0 unspecified atom stereocenters. The molecular weight excluding hydrogens is 290 g/mol. The van der Waals surface area contributed by atoms with E-state index in [0.29, 0.717) is 15.5 Å². The van der Waals surface area contributed by atoms with Gasteiger partial charge in [0.15, 0.2) is 0 Å². The number of ether oxygens (including phenoxy) is 1. The third-order valence-corrected chi connectivity index (χ3v) is 4.67. The molecule has 0 saturated carbocycles. The molecule has 2 N–H and O–H groups in total. The van der Waals surface area contributed by atoms with Crippen LogP contribution in [-0.2, 0) is 15.4 Å². The Hall–Kier alpha value is -1.00. The quantitative estimate of drug-likeness (QED) is 0.647. The van der Waals surface area contributed by atoms with E-state index in [2.05, 4.69) is 61.5 Å². The van der Waals surface area contributed by atoms with Crippen LogP contribution in [0.25, 0.3) is 0 Å². The molecule has 1 aromatic carbocycles. The molecule has 4 heteroatoms. The number of benzene rings is 1. The monoisotopic (exact) mass is 321 g/mol. The zero-order valence-corrected chi connectivity index (χ0v) is 16.5. The summed E-state index contributed by atoms with van der Waals surface area (Å²) >= 11 is 0. The number of hydrogen-bond acceptors (Lipinski definition) is 3. The molecule has 0 saturated heterocycles. The molecule has 0 amide bonds. The number of hydrogen-bond donors (Lipinski definition) is 1. The summed E-state index contributed by atoms with van der Waals surface area (Å²) in [5.74, 6) is 0.719. The van der Waals surface area contributed by atoms with E-state index in [0.717, 1.165) is 11.3 Å². The first-order chi connectivity index (χ1) is 9.78. The minimum atomic E-state index is -0.452. The highest BCUT2D eigenvalue weighted by Crippen LogP contribution is 2.41. The number of anilines is 1. The Kier molecular flexibility index (Phi) is 5.41. The zero-order chi connectivity index (χ0) is 17.3. The highest BCUT2D eigenvalue weighted by molar-refractivity contribution is 6.31. The van der Waals surface area contributed by atoms with Crippen LogP contribution in [0.15, 0.2) is 12.1 Å². The van der Waals surface area contributed by atoms with Crippen LogP contribution in [0.5, 0.6) is 5.75 Å². The second-order valence-corrected chi connectivity index (χ2v) is 10.3. The first-order valence-electron chi connectivity index (χ1n) is 7.71. The predicted octanol–water partition coefficient (Wildman–Crippen LogP) is 4.66. The van der Waals surface area contributed by atoms with Crippen LogP contribution < -0.4 is 10.5 Å². The van der Waals surface area contributed by atoms with Gasteiger partial charge in [0.2, 0.25) is 9.76 Å². The van der Waals surface area contributed by atoms with Crippen molar-refractivity contribution < 1.29 is 9.16 Å². The van der Waals surface area contributed by atoms with E-state index >= 15 is 0 Å². The molecule has 0 atom stereocenters. The standard InChI is InChI=1S/C18H31NO2Si/c1-16(2,3)12-10-13(15(20-9)14(19)11-12)18(7,8)21-22-17(4,5)6/h10-11H,19H2,1-9H3. The van der Waals surface area contributed by atoms with Gasteiger partial charge in [0, 0.05) is 5.56 Å². The van der Waals surface area contributed by atoms with Crippen LogP contribution >= 0.6 is 0 Å². The SMILES string of the molecule is COc1c(N)cc(C(C)(C)C)cc1C(C)(C)O[Si]C(C)(C)C. The smallest absolute Gasteiger partial charge is 0.236 e. The summed E-state index contributed by atoms with van der Waals surface area (Å²) in [6, 6.07) is 4.17. The fraction of sp³-hybridized carbons (Fsp3) is 0.667. The third kappa shape index (κ3) is 4.75. The second kappa shape index (κ2) is 6.24. The summed E-state index contributed by atoms with van der Waals surface area (Å²) < 4.78 is 11.8. The van der Waals surface area contributed by atoms with Crippen LogP contribution in [0.1, 0.15) is 66.5 Å². The number of nitrogen functional groups attached to an aromatic ring is 1. The minimum Gasteiger partial charge on any atom is -0.494 e. The molecule has 1 rings (SSSR count). The van der Waals surface area contributed by atoms with Gasteiger partial charge in [0.25, 0.3) is 0 Å². The van der Waals surface area contributed by atoms with Gasteiger partial charge in [-0.25, -0.2) is 0 Å². The molecule has 0 aliphatic heterocycles. The predicted molar refractivity (Wildman–Crippen MR) is 95.7 cm³/mol. The maximum atomic E-state index is 6.24. The lowest BCUT2D eigenvalue weighted by Crippen LogP contribution is -2.29. The maximum Gasteiger partial charge on any atom is 0.236 e. The summed E-state index contributed by atoms with van der Waals surface area (Å²) in [5.41, 5.74) is 8.67. The lowest BCUT2D eigenvalue weighted by molar-refractivity contribution is 0.106. The minimum absolute atomic E-state index is 0.0253. The van der Waals surface area contributed by atoms with Crippen LogP contribution in [-0.4, -0.2) is 16.9 Å². The molecule has 0 bridgehead atoms. The molecule has 22 heavy (non-hydrogen) atoms. The molecule has 1 aromatic rings. The van der Waals surface area contributed by atoms with Gasteiger partial charge in [0.1, 0.15) is 5.75 Å². The van der Waals surface area contributed by atoms with Crippen molar-refractivity contribution >= 4 is 15.5 Å². The van der Waals surface area contributed by atoms with Gasteiger partial charge in [-0.1, -0.05) is 41.5 Å². The fourth-order valence-corrected chi connectivity index (χ4v) is 2.77. The van der Waals surface area contributed by atoms with Crippen molar-refractivity contribution in [2.24, 2.45) is 0 Å². The van der Waals surface area contributed by atoms with Crippen molar-refractivity contribution in [2.75, 3.05) is 12.8 Å². The first-order valence-corrected chi connectivity index (χ1v) is 8.62. The molecule has 2 radical (unpaired) electrons. The Morgan fingerprint density at radius 1 is 0.955 bits per heavy atom. The van der Waals surface area contributed by atoms with Crippen LogP contribution in [0.3, 0.4) is 0 Å². The van der Waals surface area contributed by atoms with Crippen LogP contribution in [0.4, 0.5) is 5.69 Å². The molecule has 0 aromatic heterocycles. The molecule has 0 heterocycles. The van der Waals surface area contributed by atoms with Gasteiger partial charge < -0.3 is 14.9 Å². The van der Waals surface area contributed by atoms with E-state index in [1.165, 1.54) is 5.56 Å². The van der Waals surface area contributed by atoms with Gasteiger partial charge in [-0.3, -0.25) is 0 Å². The number of nitrogens with two attached hydrogens (primary N) is 1. The van der Waals surface area contributed by atoms with Gasteiger partial charge in [-0.15, -0.1) is 0 Å². The summed E-state index contributed by atoms with van der Waals surface area (Å²) in [6.07, 6.45) is 0. The van der Waals surface area contributed by atoms with Gasteiger partial charge in [-0.2, -0.15) is 0 Å². The van der Waals surface area contributed by atoms with Gasteiger partial charge in [-0.05, 0) is 42.0 Å². The zero-order valence-electron chi connectivity index (χ0n) is 15.5. The van der Waals surface area contributed by atoms with Crippen LogP contribution in [0, 0.1) is 0 Å². The van der Waals surface area contributed by atoms with E-state index in [4.69, 9.17) is 14.9 Å². The van der Waals surface area contributed by atoms with E-state index in [1.807, 2.05) is 6.07 Å². The Labute approximate surface area is 138 Å². The normalized spacial score (nSPS) is 13.3. The molecule has 3 nitrogen and oxygen atoms in total.